The molecule has 0 aliphatic rings. The van der Waals surface area contributed by atoms with Crippen molar-refractivity contribution in [1.29, 1.82) is 0 Å². The van der Waals surface area contributed by atoms with Crippen LogP contribution in [0.4, 0.5) is 17.1 Å². The second kappa shape index (κ2) is 4.73. The van der Waals surface area contributed by atoms with E-state index in [0.717, 1.165) is 11.4 Å². The summed E-state index contributed by atoms with van der Waals surface area (Å²) in [6.45, 7) is 6.29. The molecule has 0 fully saturated rings. The Bertz CT molecular complexity index is 522. The van der Waals surface area contributed by atoms with Crippen molar-refractivity contribution in [1.82, 2.24) is 0 Å². The lowest BCUT2D eigenvalue weighted by Gasteiger charge is -2.23. The van der Waals surface area contributed by atoms with Gasteiger partial charge >= 0.3 is 0 Å². The quantitative estimate of drug-likeness (QED) is 0.805. The van der Waals surface area contributed by atoms with Gasteiger partial charge in [0.05, 0.1) is 11.4 Å². The van der Waals surface area contributed by atoms with Crippen LogP contribution in [0.3, 0.4) is 0 Å². The number of aryl methyl sites for hydroxylation is 3. The molecule has 2 aromatic rings. The maximum atomic E-state index is 6.10. The molecule has 0 spiro atoms. The smallest absolute Gasteiger partial charge is 0.0642 e. The Labute approximate surface area is 109 Å². The van der Waals surface area contributed by atoms with Gasteiger partial charge in [-0.25, -0.2) is 0 Å². The van der Waals surface area contributed by atoms with Crippen molar-refractivity contribution in [2.75, 3.05) is 17.7 Å². The molecular formula is C16H20N2. The molecule has 0 amide bonds. The van der Waals surface area contributed by atoms with Crippen LogP contribution in [0.5, 0.6) is 0 Å². The van der Waals surface area contributed by atoms with Crippen molar-refractivity contribution in [3.05, 3.63) is 53.1 Å². The molecular weight excluding hydrogens is 220 g/mol. The summed E-state index contributed by atoms with van der Waals surface area (Å²) in [5.41, 5.74) is 12.9. The summed E-state index contributed by atoms with van der Waals surface area (Å²) in [6, 6.07) is 12.6. The Morgan fingerprint density at radius 1 is 0.833 bits per heavy atom. The molecule has 0 heterocycles. The van der Waals surface area contributed by atoms with E-state index in [1.54, 1.807) is 0 Å². The van der Waals surface area contributed by atoms with E-state index in [4.69, 9.17) is 5.73 Å². The van der Waals surface area contributed by atoms with Crippen LogP contribution in [-0.2, 0) is 0 Å². The molecule has 0 aromatic heterocycles. The van der Waals surface area contributed by atoms with Gasteiger partial charge in [0, 0.05) is 12.7 Å². The average molecular weight is 240 g/mol. The second-order valence-corrected chi connectivity index (χ2v) is 4.91. The highest BCUT2D eigenvalue weighted by atomic mass is 15.1. The molecule has 0 atom stereocenters. The van der Waals surface area contributed by atoms with Gasteiger partial charge in [-0.15, -0.1) is 0 Å². The standard InChI is InChI=1S/C16H20N2/c1-11-5-7-15(13(3)9-11)18(4)16-8-6-12(2)10-14(16)17/h5-10H,17H2,1-4H3. The van der Waals surface area contributed by atoms with Crippen molar-refractivity contribution >= 4 is 17.1 Å². The monoisotopic (exact) mass is 240 g/mol. The molecule has 2 N–H and O–H groups in total. The van der Waals surface area contributed by atoms with E-state index in [9.17, 15) is 0 Å². The second-order valence-electron chi connectivity index (χ2n) is 4.91. The third-order valence-corrected chi connectivity index (χ3v) is 3.26. The molecule has 2 heteroatoms. The molecule has 0 aliphatic heterocycles. The summed E-state index contributed by atoms with van der Waals surface area (Å²) in [7, 11) is 2.05. The van der Waals surface area contributed by atoms with Crippen LogP contribution in [-0.4, -0.2) is 7.05 Å². The Morgan fingerprint density at radius 3 is 1.94 bits per heavy atom. The molecule has 0 unspecified atom stereocenters. The fourth-order valence-electron chi connectivity index (χ4n) is 2.29. The zero-order valence-corrected chi connectivity index (χ0v) is 11.5. The maximum Gasteiger partial charge on any atom is 0.0642 e. The molecule has 0 saturated carbocycles. The number of hydrogen-bond acceptors (Lipinski definition) is 2. The lowest BCUT2D eigenvalue weighted by atomic mass is 10.1. The molecule has 2 nitrogen and oxygen atoms in total. The first-order valence-corrected chi connectivity index (χ1v) is 6.16. The molecule has 94 valence electrons. The van der Waals surface area contributed by atoms with Gasteiger partial charge in [0.1, 0.15) is 0 Å². The highest BCUT2D eigenvalue weighted by Gasteiger charge is 2.09. The number of anilines is 3. The van der Waals surface area contributed by atoms with Crippen molar-refractivity contribution in [3.8, 4) is 0 Å². The lowest BCUT2D eigenvalue weighted by Crippen LogP contribution is -2.13. The van der Waals surface area contributed by atoms with Crippen molar-refractivity contribution in [2.45, 2.75) is 20.8 Å². The lowest BCUT2D eigenvalue weighted by molar-refractivity contribution is 1.18. The molecule has 2 aromatic carbocycles. The van der Waals surface area contributed by atoms with Crippen LogP contribution < -0.4 is 10.6 Å². The first-order valence-electron chi connectivity index (χ1n) is 6.16. The summed E-state index contributed by atoms with van der Waals surface area (Å²) in [6.07, 6.45) is 0. The Morgan fingerprint density at radius 2 is 1.39 bits per heavy atom. The summed E-state index contributed by atoms with van der Waals surface area (Å²) in [5.74, 6) is 0. The number of nitrogens with two attached hydrogens (primary N) is 1. The predicted octanol–water partition coefficient (Wildman–Crippen LogP) is 3.96. The fourth-order valence-corrected chi connectivity index (χ4v) is 2.29. The van der Waals surface area contributed by atoms with Crippen LogP contribution in [0.15, 0.2) is 36.4 Å². The van der Waals surface area contributed by atoms with Gasteiger partial charge in [0.25, 0.3) is 0 Å². The maximum absolute atomic E-state index is 6.10. The van der Waals surface area contributed by atoms with E-state index in [2.05, 4.69) is 63.1 Å². The summed E-state index contributed by atoms with van der Waals surface area (Å²) >= 11 is 0. The minimum atomic E-state index is 0.817. The number of nitrogen functional groups attached to an aromatic ring is 1. The van der Waals surface area contributed by atoms with E-state index in [1.807, 2.05) is 6.07 Å². The molecule has 0 saturated heterocycles. The Hall–Kier alpha value is -1.96. The van der Waals surface area contributed by atoms with E-state index < -0.39 is 0 Å². The van der Waals surface area contributed by atoms with Gasteiger partial charge in [-0.3, -0.25) is 0 Å². The molecule has 18 heavy (non-hydrogen) atoms. The predicted molar refractivity (Wildman–Crippen MR) is 79.6 cm³/mol. The van der Waals surface area contributed by atoms with Gasteiger partial charge in [-0.05, 0) is 50.1 Å². The van der Waals surface area contributed by atoms with Gasteiger partial charge in [0.2, 0.25) is 0 Å². The minimum absolute atomic E-state index is 0.817. The number of nitrogens with zero attached hydrogens (tertiary/aromatic N) is 1. The average Bonchev–Trinajstić information content (AvgIpc) is 2.28. The number of benzene rings is 2. The van der Waals surface area contributed by atoms with Crippen LogP contribution in [0.25, 0.3) is 0 Å². The molecule has 0 bridgehead atoms. The molecule has 2 rings (SSSR count). The van der Waals surface area contributed by atoms with E-state index in [1.165, 1.54) is 22.4 Å². The van der Waals surface area contributed by atoms with Gasteiger partial charge in [-0.2, -0.15) is 0 Å². The summed E-state index contributed by atoms with van der Waals surface area (Å²) < 4.78 is 0. The first-order chi connectivity index (χ1) is 8.49. The Kier molecular flexibility index (Phi) is 3.28. The number of hydrogen-bond donors (Lipinski definition) is 1. The van der Waals surface area contributed by atoms with Crippen LogP contribution in [0, 0.1) is 20.8 Å². The Balaban J connectivity index is 2.44. The van der Waals surface area contributed by atoms with Crippen LogP contribution in [0.1, 0.15) is 16.7 Å². The van der Waals surface area contributed by atoms with Crippen molar-refractivity contribution in [3.63, 3.8) is 0 Å². The van der Waals surface area contributed by atoms with Crippen LogP contribution in [0.2, 0.25) is 0 Å². The molecule has 0 aliphatic carbocycles. The third kappa shape index (κ3) is 2.33. The summed E-state index contributed by atoms with van der Waals surface area (Å²) in [5, 5.41) is 0. The SMILES string of the molecule is Cc1ccc(N(C)c2ccc(C)cc2N)c(C)c1. The van der Waals surface area contributed by atoms with E-state index >= 15 is 0 Å². The molecule has 0 radical (unpaired) electrons. The van der Waals surface area contributed by atoms with Gasteiger partial charge < -0.3 is 10.6 Å². The van der Waals surface area contributed by atoms with Crippen molar-refractivity contribution in [2.24, 2.45) is 0 Å². The zero-order valence-electron chi connectivity index (χ0n) is 11.5. The van der Waals surface area contributed by atoms with Gasteiger partial charge in [0.15, 0.2) is 0 Å². The first kappa shape index (κ1) is 12.5. The highest BCUT2D eigenvalue weighted by molar-refractivity contribution is 5.76. The minimum Gasteiger partial charge on any atom is -0.397 e. The van der Waals surface area contributed by atoms with Crippen molar-refractivity contribution < 1.29 is 0 Å². The topological polar surface area (TPSA) is 29.3 Å². The number of rotatable bonds is 2. The third-order valence-electron chi connectivity index (χ3n) is 3.26. The summed E-state index contributed by atoms with van der Waals surface area (Å²) in [4.78, 5) is 2.14. The van der Waals surface area contributed by atoms with Gasteiger partial charge in [-0.1, -0.05) is 23.8 Å². The zero-order chi connectivity index (χ0) is 13.3. The highest BCUT2D eigenvalue weighted by Crippen LogP contribution is 2.31. The van der Waals surface area contributed by atoms with E-state index in [-0.39, 0.29) is 0 Å². The normalized spacial score (nSPS) is 10.4. The van der Waals surface area contributed by atoms with Crippen LogP contribution >= 0.6 is 0 Å². The van der Waals surface area contributed by atoms with E-state index in [0.29, 0.717) is 0 Å². The fraction of sp³-hybridized carbons (Fsp3) is 0.250. The largest absolute Gasteiger partial charge is 0.397 e.